The van der Waals surface area contributed by atoms with Crippen LogP contribution in [0.3, 0.4) is 0 Å². The Kier molecular flexibility index (Phi) is 6.01. The van der Waals surface area contributed by atoms with Gasteiger partial charge in [-0.15, -0.1) is 0 Å². The molecule has 3 heteroatoms. The molecule has 0 aromatic rings. The Morgan fingerprint density at radius 2 is 2.00 bits per heavy atom. The van der Waals surface area contributed by atoms with E-state index >= 15 is 0 Å². The number of rotatable bonds is 3. The summed E-state index contributed by atoms with van der Waals surface area (Å²) < 4.78 is 0. The summed E-state index contributed by atoms with van der Waals surface area (Å²) in [6, 6.07) is 0. The average molecular weight is 294 g/mol. The smallest absolute Gasteiger partial charge is 0.00768 e. The molecular weight excluding hydrogens is 270 g/mol. The van der Waals surface area contributed by atoms with Crippen LogP contribution in [-0.2, 0) is 0 Å². The lowest BCUT2D eigenvalue weighted by molar-refractivity contribution is 0.173. The normalized spacial score (nSPS) is 22.4. The minimum absolute atomic E-state index is 0.420. The van der Waals surface area contributed by atoms with Gasteiger partial charge >= 0.3 is 0 Å². The quantitative estimate of drug-likeness (QED) is 0.733. The second kappa shape index (κ2) is 6.51. The maximum absolute atomic E-state index is 3.67. The highest BCUT2D eigenvalue weighted by molar-refractivity contribution is 9.09. The highest BCUT2D eigenvalue weighted by Crippen LogP contribution is 2.28. The lowest BCUT2D eigenvalue weighted by atomic mass is 9.82. The SMILES string of the molecule is CC(C)(C)C(CBr)CN1CCCSCC1. The number of thioether (sulfide) groups is 1. The molecule has 1 saturated heterocycles. The van der Waals surface area contributed by atoms with Crippen molar-refractivity contribution >= 4 is 27.7 Å². The van der Waals surface area contributed by atoms with Gasteiger partial charge in [-0.1, -0.05) is 36.7 Å². The number of hydrogen-bond donors (Lipinski definition) is 0. The van der Waals surface area contributed by atoms with E-state index in [0.717, 1.165) is 11.2 Å². The summed E-state index contributed by atoms with van der Waals surface area (Å²) in [4.78, 5) is 2.65. The molecule has 90 valence electrons. The summed E-state index contributed by atoms with van der Waals surface area (Å²) in [5.41, 5.74) is 0.420. The zero-order chi connectivity index (χ0) is 11.3. The number of hydrogen-bond acceptors (Lipinski definition) is 2. The summed E-state index contributed by atoms with van der Waals surface area (Å²) >= 11 is 5.77. The lowest BCUT2D eigenvalue weighted by Crippen LogP contribution is -2.37. The molecule has 1 fully saturated rings. The Balaban J connectivity index is 2.42. The van der Waals surface area contributed by atoms with Gasteiger partial charge in [-0.3, -0.25) is 0 Å². The van der Waals surface area contributed by atoms with Crippen molar-refractivity contribution in [1.82, 2.24) is 4.90 Å². The molecule has 0 N–H and O–H groups in total. The van der Waals surface area contributed by atoms with Crippen LogP contribution in [-0.4, -0.2) is 41.4 Å². The highest BCUT2D eigenvalue weighted by atomic mass is 79.9. The minimum atomic E-state index is 0.420. The monoisotopic (exact) mass is 293 g/mol. The third-order valence-corrected chi connectivity index (χ3v) is 5.03. The van der Waals surface area contributed by atoms with Crippen LogP contribution >= 0.6 is 27.7 Å². The predicted octanol–water partition coefficient (Wildman–Crippen LogP) is 3.48. The molecule has 0 saturated carbocycles. The van der Waals surface area contributed by atoms with E-state index < -0.39 is 0 Å². The first-order valence-electron chi connectivity index (χ1n) is 5.90. The number of alkyl halides is 1. The third kappa shape index (κ3) is 5.10. The van der Waals surface area contributed by atoms with Crippen LogP contribution in [0.2, 0.25) is 0 Å². The van der Waals surface area contributed by atoms with Crippen molar-refractivity contribution in [3.63, 3.8) is 0 Å². The van der Waals surface area contributed by atoms with Gasteiger partial charge in [-0.25, -0.2) is 0 Å². The Hall–Kier alpha value is 0.790. The average Bonchev–Trinajstić information content (AvgIpc) is 2.40. The molecular formula is C12H24BrNS. The van der Waals surface area contributed by atoms with E-state index in [4.69, 9.17) is 0 Å². The largest absolute Gasteiger partial charge is 0.302 e. The Bertz CT molecular complexity index is 171. The van der Waals surface area contributed by atoms with Crippen LogP contribution in [0.4, 0.5) is 0 Å². The highest BCUT2D eigenvalue weighted by Gasteiger charge is 2.25. The van der Waals surface area contributed by atoms with Crippen molar-refractivity contribution in [3.05, 3.63) is 0 Å². The molecule has 15 heavy (non-hydrogen) atoms. The van der Waals surface area contributed by atoms with Crippen molar-refractivity contribution in [2.24, 2.45) is 11.3 Å². The van der Waals surface area contributed by atoms with Gasteiger partial charge in [0.2, 0.25) is 0 Å². The van der Waals surface area contributed by atoms with Crippen molar-refractivity contribution < 1.29 is 0 Å². The van der Waals surface area contributed by atoms with Crippen LogP contribution in [0.1, 0.15) is 27.2 Å². The molecule has 1 aliphatic rings. The van der Waals surface area contributed by atoms with E-state index in [9.17, 15) is 0 Å². The van der Waals surface area contributed by atoms with E-state index in [1.165, 1.54) is 37.6 Å². The molecule has 0 bridgehead atoms. The molecule has 1 atom stereocenters. The van der Waals surface area contributed by atoms with Crippen molar-refractivity contribution in [3.8, 4) is 0 Å². The first-order valence-corrected chi connectivity index (χ1v) is 8.17. The Morgan fingerprint density at radius 1 is 1.27 bits per heavy atom. The van der Waals surface area contributed by atoms with Crippen LogP contribution in [0, 0.1) is 11.3 Å². The molecule has 1 heterocycles. The van der Waals surface area contributed by atoms with Crippen LogP contribution < -0.4 is 0 Å². The molecule has 1 nitrogen and oxygen atoms in total. The fraction of sp³-hybridized carbons (Fsp3) is 1.00. The van der Waals surface area contributed by atoms with Gasteiger partial charge in [0.1, 0.15) is 0 Å². The zero-order valence-electron chi connectivity index (χ0n) is 10.3. The van der Waals surface area contributed by atoms with Crippen molar-refractivity contribution in [2.75, 3.05) is 36.5 Å². The summed E-state index contributed by atoms with van der Waals surface area (Å²) in [5, 5.41) is 1.13. The number of halogens is 1. The van der Waals surface area contributed by atoms with E-state index in [-0.39, 0.29) is 0 Å². The van der Waals surface area contributed by atoms with Gasteiger partial charge in [0, 0.05) is 24.2 Å². The van der Waals surface area contributed by atoms with Crippen LogP contribution in [0.5, 0.6) is 0 Å². The fourth-order valence-electron chi connectivity index (χ4n) is 1.85. The zero-order valence-corrected chi connectivity index (χ0v) is 12.7. The van der Waals surface area contributed by atoms with Crippen LogP contribution in [0.25, 0.3) is 0 Å². The molecule has 1 aliphatic heterocycles. The molecule has 0 aromatic heterocycles. The third-order valence-electron chi connectivity index (χ3n) is 3.20. The summed E-state index contributed by atoms with van der Waals surface area (Å²) in [7, 11) is 0. The first-order chi connectivity index (χ1) is 7.04. The molecule has 0 radical (unpaired) electrons. The van der Waals surface area contributed by atoms with E-state index in [2.05, 4.69) is 53.4 Å². The van der Waals surface area contributed by atoms with Gasteiger partial charge in [0.05, 0.1) is 0 Å². The van der Waals surface area contributed by atoms with Gasteiger partial charge in [-0.05, 0) is 30.1 Å². The van der Waals surface area contributed by atoms with Gasteiger partial charge in [0.25, 0.3) is 0 Å². The molecule has 1 unspecified atom stereocenters. The summed E-state index contributed by atoms with van der Waals surface area (Å²) in [5.74, 6) is 3.44. The first kappa shape index (κ1) is 13.9. The topological polar surface area (TPSA) is 3.24 Å². The van der Waals surface area contributed by atoms with E-state index in [1.807, 2.05) is 0 Å². The molecule has 0 aliphatic carbocycles. The van der Waals surface area contributed by atoms with Gasteiger partial charge < -0.3 is 4.90 Å². The summed E-state index contributed by atoms with van der Waals surface area (Å²) in [6.45, 7) is 10.9. The van der Waals surface area contributed by atoms with Crippen molar-refractivity contribution in [2.45, 2.75) is 27.2 Å². The predicted molar refractivity (Wildman–Crippen MR) is 75.1 cm³/mol. The Morgan fingerprint density at radius 3 is 2.60 bits per heavy atom. The standard InChI is InChI=1S/C12H24BrNS/c1-12(2,3)11(9-13)10-14-5-4-7-15-8-6-14/h11H,4-10H2,1-3H3. The van der Waals surface area contributed by atoms with Crippen molar-refractivity contribution in [1.29, 1.82) is 0 Å². The number of nitrogens with zero attached hydrogens (tertiary/aromatic N) is 1. The Labute approximate surface area is 107 Å². The fourth-order valence-corrected chi connectivity index (χ4v) is 3.95. The van der Waals surface area contributed by atoms with Crippen LogP contribution in [0.15, 0.2) is 0 Å². The van der Waals surface area contributed by atoms with Gasteiger partial charge in [-0.2, -0.15) is 11.8 Å². The molecule has 0 spiro atoms. The molecule has 0 amide bonds. The lowest BCUT2D eigenvalue weighted by Gasteiger charge is -2.33. The second-order valence-corrected chi connectivity index (χ2v) is 7.36. The second-order valence-electron chi connectivity index (χ2n) is 5.48. The maximum Gasteiger partial charge on any atom is 0.00768 e. The van der Waals surface area contributed by atoms with E-state index in [1.54, 1.807) is 0 Å². The van der Waals surface area contributed by atoms with E-state index in [0.29, 0.717) is 5.41 Å². The molecule has 0 aromatic carbocycles. The minimum Gasteiger partial charge on any atom is -0.302 e. The molecule has 1 rings (SSSR count). The van der Waals surface area contributed by atoms with Gasteiger partial charge in [0.15, 0.2) is 0 Å². The summed E-state index contributed by atoms with van der Waals surface area (Å²) in [6.07, 6.45) is 1.36. The maximum atomic E-state index is 3.67.